The SMILES string of the molecule is Cc1ccc(N(c2ccc(C)cc2)c2sc(-c3ccc(/N=c4\c(=O)c(=O)c5cc(C(F)(F)F)ccc45)c4nsnc34)c3ccccc23)cc1. The van der Waals surface area contributed by atoms with Crippen LogP contribution in [0.15, 0.2) is 118 Å². The van der Waals surface area contributed by atoms with Gasteiger partial charge < -0.3 is 4.90 Å². The molecule has 0 atom stereocenters. The fourth-order valence-electron chi connectivity index (χ4n) is 6.04. The number of benzene rings is 5. The first-order valence-corrected chi connectivity index (χ1v) is 16.7. The van der Waals surface area contributed by atoms with Crippen LogP contribution < -0.4 is 21.1 Å². The summed E-state index contributed by atoms with van der Waals surface area (Å²) in [5.74, 6) is 0. The van der Waals surface area contributed by atoms with Gasteiger partial charge in [0, 0.05) is 43.4 Å². The van der Waals surface area contributed by atoms with Crippen molar-refractivity contribution in [3.63, 3.8) is 0 Å². The van der Waals surface area contributed by atoms with Crippen LogP contribution >= 0.6 is 23.1 Å². The van der Waals surface area contributed by atoms with Gasteiger partial charge in [0.05, 0.1) is 23.0 Å². The van der Waals surface area contributed by atoms with Crippen LogP contribution in [0.2, 0.25) is 0 Å². The number of fused-ring (bicyclic) bond motifs is 3. The van der Waals surface area contributed by atoms with E-state index in [1.165, 1.54) is 0 Å². The molecule has 0 bridgehead atoms. The Morgan fingerprint density at radius 3 is 1.96 bits per heavy atom. The first-order valence-electron chi connectivity index (χ1n) is 15.2. The van der Waals surface area contributed by atoms with E-state index in [0.29, 0.717) is 22.8 Å². The van der Waals surface area contributed by atoms with Gasteiger partial charge in [-0.25, -0.2) is 4.99 Å². The van der Waals surface area contributed by atoms with Crippen molar-refractivity contribution >= 4 is 77.7 Å². The second-order valence-corrected chi connectivity index (χ2v) is 13.3. The van der Waals surface area contributed by atoms with Crippen molar-refractivity contribution in [3.8, 4) is 10.4 Å². The van der Waals surface area contributed by atoms with Gasteiger partial charge in [-0.1, -0.05) is 65.7 Å². The molecule has 0 radical (unpaired) electrons. The predicted octanol–water partition coefficient (Wildman–Crippen LogP) is 9.66. The second-order valence-electron chi connectivity index (χ2n) is 11.8. The molecule has 49 heavy (non-hydrogen) atoms. The van der Waals surface area contributed by atoms with Crippen molar-refractivity contribution in [3.05, 3.63) is 146 Å². The predicted molar refractivity (Wildman–Crippen MR) is 191 cm³/mol. The maximum absolute atomic E-state index is 13.3. The molecule has 0 aliphatic carbocycles. The number of hydrogen-bond donors (Lipinski definition) is 0. The molecule has 0 aliphatic heterocycles. The van der Waals surface area contributed by atoms with Crippen molar-refractivity contribution < 1.29 is 13.2 Å². The fourth-order valence-corrected chi connectivity index (χ4v) is 7.95. The Morgan fingerprint density at radius 2 is 1.31 bits per heavy atom. The van der Waals surface area contributed by atoms with Gasteiger partial charge in [-0.3, -0.25) is 9.59 Å². The number of halogens is 3. The van der Waals surface area contributed by atoms with Crippen LogP contribution in [-0.2, 0) is 6.18 Å². The standard InChI is InChI=1S/C38H23F3N4O2S2/c1-20-7-12-23(13-8-20)45(24-14-9-21(2)10-15-24)37-27-6-4-3-5-26(27)36(48-37)28-17-18-30(33-31(28)43-49-44-33)42-32-25-16-11-22(38(39,40)41)19-29(25)34(46)35(32)47/h3-19H,1-2H3/b42-32-. The molecule has 0 saturated carbocycles. The zero-order chi connectivity index (χ0) is 34.0. The maximum atomic E-state index is 13.3. The molecule has 0 saturated heterocycles. The number of thiophene rings is 1. The first kappa shape index (κ1) is 30.8. The van der Waals surface area contributed by atoms with Gasteiger partial charge in [0.1, 0.15) is 21.4 Å². The zero-order valence-corrected chi connectivity index (χ0v) is 27.5. The Labute approximate surface area is 284 Å². The van der Waals surface area contributed by atoms with Gasteiger partial charge in [-0.05, 0) is 62.4 Å². The van der Waals surface area contributed by atoms with E-state index in [9.17, 15) is 22.8 Å². The van der Waals surface area contributed by atoms with E-state index in [0.717, 1.165) is 72.6 Å². The number of nitrogens with zero attached hydrogens (tertiary/aromatic N) is 4. The van der Waals surface area contributed by atoms with Crippen molar-refractivity contribution in [1.29, 1.82) is 0 Å². The Bertz CT molecular complexity index is 2680. The minimum Gasteiger partial charge on any atom is -0.301 e. The molecule has 6 aromatic carbocycles. The van der Waals surface area contributed by atoms with Crippen LogP contribution in [0, 0.1) is 13.8 Å². The fraction of sp³-hybridized carbons (Fsp3) is 0.0789. The lowest BCUT2D eigenvalue weighted by atomic mass is 10.1. The van der Waals surface area contributed by atoms with E-state index < -0.39 is 22.6 Å². The molecule has 0 N–H and O–H groups in total. The first-order chi connectivity index (χ1) is 23.6. The molecule has 240 valence electrons. The highest BCUT2D eigenvalue weighted by molar-refractivity contribution is 7.21. The van der Waals surface area contributed by atoms with E-state index in [-0.39, 0.29) is 16.1 Å². The molecule has 8 rings (SSSR count). The average molecular weight is 689 g/mol. The monoisotopic (exact) mass is 688 g/mol. The molecule has 0 fully saturated rings. The van der Waals surface area contributed by atoms with Gasteiger partial charge in [0.25, 0.3) is 5.43 Å². The molecule has 11 heteroatoms. The van der Waals surface area contributed by atoms with Crippen molar-refractivity contribution in [2.45, 2.75) is 20.0 Å². The molecule has 2 heterocycles. The average Bonchev–Trinajstić information content (AvgIpc) is 3.79. The van der Waals surface area contributed by atoms with Crippen molar-refractivity contribution in [2.75, 3.05) is 4.90 Å². The number of aryl methyl sites for hydroxylation is 2. The lowest BCUT2D eigenvalue weighted by Crippen LogP contribution is -2.30. The lowest BCUT2D eigenvalue weighted by Gasteiger charge is -2.24. The van der Waals surface area contributed by atoms with Gasteiger partial charge in [-0.15, -0.1) is 11.3 Å². The molecule has 2 aromatic heterocycles. The summed E-state index contributed by atoms with van der Waals surface area (Å²) in [6, 6.07) is 31.2. The van der Waals surface area contributed by atoms with E-state index in [1.54, 1.807) is 17.4 Å². The summed E-state index contributed by atoms with van der Waals surface area (Å²) in [6.45, 7) is 4.12. The number of aromatic nitrogens is 2. The summed E-state index contributed by atoms with van der Waals surface area (Å²) in [6.07, 6.45) is -4.66. The Kier molecular flexibility index (Phi) is 7.27. The van der Waals surface area contributed by atoms with Crippen LogP contribution in [0.25, 0.3) is 43.0 Å². The highest BCUT2D eigenvalue weighted by Gasteiger charge is 2.31. The third kappa shape index (κ3) is 5.22. The summed E-state index contributed by atoms with van der Waals surface area (Å²) in [4.78, 5) is 33.4. The van der Waals surface area contributed by atoms with Gasteiger partial charge >= 0.3 is 6.18 Å². The number of alkyl halides is 3. The van der Waals surface area contributed by atoms with Crippen LogP contribution in [-0.4, -0.2) is 8.75 Å². The number of hydrogen-bond acceptors (Lipinski definition) is 8. The summed E-state index contributed by atoms with van der Waals surface area (Å²) in [5.41, 5.74) is 3.44. The van der Waals surface area contributed by atoms with Crippen LogP contribution in [0.4, 0.5) is 35.2 Å². The summed E-state index contributed by atoms with van der Waals surface area (Å²) in [5, 5.41) is 2.62. The highest BCUT2D eigenvalue weighted by Crippen LogP contribution is 2.50. The third-order valence-corrected chi connectivity index (χ3v) is 10.3. The van der Waals surface area contributed by atoms with E-state index in [4.69, 9.17) is 0 Å². The Hall–Kier alpha value is -5.52. The van der Waals surface area contributed by atoms with Crippen molar-refractivity contribution in [2.24, 2.45) is 4.99 Å². The Morgan fingerprint density at radius 1 is 0.673 bits per heavy atom. The van der Waals surface area contributed by atoms with Crippen LogP contribution in [0.5, 0.6) is 0 Å². The maximum Gasteiger partial charge on any atom is 0.416 e. The number of rotatable bonds is 5. The van der Waals surface area contributed by atoms with Crippen LogP contribution in [0.3, 0.4) is 0 Å². The zero-order valence-electron chi connectivity index (χ0n) is 25.9. The van der Waals surface area contributed by atoms with Gasteiger partial charge in [0.2, 0.25) is 5.43 Å². The molecule has 0 amide bonds. The number of anilines is 3. The molecular formula is C38H23F3N4O2S2. The van der Waals surface area contributed by atoms with E-state index >= 15 is 0 Å². The molecular weight excluding hydrogens is 666 g/mol. The molecule has 0 aliphatic rings. The normalized spacial score (nSPS) is 12.5. The lowest BCUT2D eigenvalue weighted by molar-refractivity contribution is -0.137. The summed E-state index contributed by atoms with van der Waals surface area (Å²) in [7, 11) is 0. The third-order valence-electron chi connectivity index (χ3n) is 8.53. The summed E-state index contributed by atoms with van der Waals surface area (Å²) < 4.78 is 49.2. The topological polar surface area (TPSA) is 75.5 Å². The van der Waals surface area contributed by atoms with Gasteiger partial charge in [0.15, 0.2) is 0 Å². The molecule has 6 nitrogen and oxygen atoms in total. The minimum atomic E-state index is -4.66. The van der Waals surface area contributed by atoms with Crippen molar-refractivity contribution in [1.82, 2.24) is 8.75 Å². The summed E-state index contributed by atoms with van der Waals surface area (Å²) >= 11 is 2.61. The van der Waals surface area contributed by atoms with E-state index in [2.05, 4.69) is 93.2 Å². The largest absolute Gasteiger partial charge is 0.416 e. The quantitative estimate of drug-likeness (QED) is 0.168. The highest BCUT2D eigenvalue weighted by atomic mass is 32.1. The minimum absolute atomic E-state index is 0.0598. The Balaban J connectivity index is 1.31. The molecule has 8 aromatic rings. The van der Waals surface area contributed by atoms with Gasteiger partial charge in [-0.2, -0.15) is 21.9 Å². The van der Waals surface area contributed by atoms with E-state index in [1.807, 2.05) is 18.2 Å². The van der Waals surface area contributed by atoms with Crippen LogP contribution in [0.1, 0.15) is 16.7 Å². The second kappa shape index (κ2) is 11.6. The molecule has 0 unspecified atom stereocenters. The molecule has 0 spiro atoms. The smallest absolute Gasteiger partial charge is 0.301 e.